The van der Waals surface area contributed by atoms with Crippen LogP contribution in [0.1, 0.15) is 41.1 Å². The number of aromatic nitrogens is 4. The number of ether oxygens (including phenoxy) is 1. The second-order valence-corrected chi connectivity index (χ2v) is 7.26. The summed E-state index contributed by atoms with van der Waals surface area (Å²) < 4.78 is 6.72. The number of nitrogens with one attached hydrogen (secondary N) is 1. The first-order valence-corrected chi connectivity index (χ1v) is 10.3. The maximum absolute atomic E-state index is 13.1. The van der Waals surface area contributed by atoms with Gasteiger partial charge in [-0.3, -0.25) is 14.6 Å². The fourth-order valence-corrected chi connectivity index (χ4v) is 3.61. The number of amides is 1. The Hall–Kier alpha value is -4.07. The molecule has 0 aliphatic carbocycles. The van der Waals surface area contributed by atoms with Crippen LogP contribution in [0.15, 0.2) is 67.0 Å². The monoisotopic (exact) mass is 429 g/mol. The van der Waals surface area contributed by atoms with Crippen molar-refractivity contribution in [3.63, 3.8) is 0 Å². The van der Waals surface area contributed by atoms with Crippen LogP contribution in [-0.4, -0.2) is 38.5 Å². The van der Waals surface area contributed by atoms with Crippen LogP contribution in [0.4, 0.5) is 0 Å². The molecule has 0 saturated carbocycles. The maximum Gasteiger partial charge on any atom is 0.308 e. The lowest BCUT2D eigenvalue weighted by atomic mass is 10.0. The van der Waals surface area contributed by atoms with Gasteiger partial charge in [-0.1, -0.05) is 47.7 Å². The summed E-state index contributed by atoms with van der Waals surface area (Å²) in [6.07, 6.45) is 3.51. The molecule has 1 atom stereocenters. The molecule has 1 amide bonds. The van der Waals surface area contributed by atoms with Gasteiger partial charge in [0.1, 0.15) is 0 Å². The third-order valence-electron chi connectivity index (χ3n) is 5.18. The second kappa shape index (κ2) is 9.38. The van der Waals surface area contributed by atoms with E-state index in [0.29, 0.717) is 5.69 Å². The molecule has 0 spiro atoms. The normalized spacial score (nSPS) is 11.8. The molecule has 32 heavy (non-hydrogen) atoms. The third-order valence-corrected chi connectivity index (χ3v) is 5.18. The predicted octanol–water partition coefficient (Wildman–Crippen LogP) is 3.55. The molecule has 0 aliphatic heterocycles. The molecule has 162 valence electrons. The fourth-order valence-electron chi connectivity index (χ4n) is 3.61. The lowest BCUT2D eigenvalue weighted by Crippen LogP contribution is -2.31. The molecular formula is C24H23N5O3. The highest BCUT2D eigenvalue weighted by molar-refractivity contribution is 5.94. The molecule has 4 aromatic rings. The van der Waals surface area contributed by atoms with E-state index in [1.165, 1.54) is 0 Å². The van der Waals surface area contributed by atoms with E-state index in [1.807, 2.05) is 54.6 Å². The minimum absolute atomic E-state index is 0.0209. The first kappa shape index (κ1) is 21.2. The molecule has 8 heteroatoms. The van der Waals surface area contributed by atoms with Gasteiger partial charge in [-0.25, -0.2) is 4.68 Å². The summed E-state index contributed by atoms with van der Waals surface area (Å²) >= 11 is 0. The second-order valence-electron chi connectivity index (χ2n) is 7.26. The molecule has 0 fully saturated rings. The van der Waals surface area contributed by atoms with Crippen molar-refractivity contribution in [2.75, 3.05) is 6.61 Å². The van der Waals surface area contributed by atoms with E-state index >= 15 is 0 Å². The molecule has 1 unspecified atom stereocenters. The zero-order valence-corrected chi connectivity index (χ0v) is 17.9. The molecule has 0 saturated heterocycles. The fraction of sp³-hybridized carbons (Fsp3) is 0.208. The molecule has 2 aromatic heterocycles. The van der Waals surface area contributed by atoms with Crippen LogP contribution in [0.25, 0.3) is 16.5 Å². The quantitative estimate of drug-likeness (QED) is 0.451. The largest absolute Gasteiger partial charge is 0.466 e. The van der Waals surface area contributed by atoms with Crippen LogP contribution in [-0.2, 0) is 9.53 Å². The lowest BCUT2D eigenvalue weighted by Gasteiger charge is -2.18. The highest BCUT2D eigenvalue weighted by Gasteiger charge is 2.24. The van der Waals surface area contributed by atoms with Gasteiger partial charge < -0.3 is 10.1 Å². The predicted molar refractivity (Wildman–Crippen MR) is 119 cm³/mol. The summed E-state index contributed by atoms with van der Waals surface area (Å²) in [5.74, 6) is -0.791. The third kappa shape index (κ3) is 4.34. The van der Waals surface area contributed by atoms with Crippen molar-refractivity contribution in [2.45, 2.75) is 26.3 Å². The van der Waals surface area contributed by atoms with Crippen molar-refractivity contribution in [1.82, 2.24) is 25.3 Å². The van der Waals surface area contributed by atoms with Crippen LogP contribution in [0.5, 0.6) is 0 Å². The number of nitrogens with zero attached hydrogens (tertiary/aromatic N) is 4. The zero-order valence-electron chi connectivity index (χ0n) is 17.9. The first-order chi connectivity index (χ1) is 15.6. The van der Waals surface area contributed by atoms with E-state index in [2.05, 4.69) is 20.6 Å². The standard InChI is InChI=1S/C24H23N5O3/c1-3-32-22(30)14-20(17-8-5-4-6-9-17)26-24(31)23-16(2)29(28-27-23)21-11-7-10-18-15-25-13-12-19(18)21/h4-13,15,20H,3,14H2,1-2H3,(H,26,31). The summed E-state index contributed by atoms with van der Waals surface area (Å²) in [4.78, 5) is 29.4. The average molecular weight is 429 g/mol. The van der Waals surface area contributed by atoms with E-state index in [-0.39, 0.29) is 24.7 Å². The van der Waals surface area contributed by atoms with Gasteiger partial charge in [0.15, 0.2) is 5.69 Å². The van der Waals surface area contributed by atoms with Crippen LogP contribution in [0.3, 0.4) is 0 Å². The van der Waals surface area contributed by atoms with E-state index < -0.39 is 11.9 Å². The summed E-state index contributed by atoms with van der Waals surface area (Å²) in [5.41, 5.74) is 2.40. The lowest BCUT2D eigenvalue weighted by molar-refractivity contribution is -0.143. The number of fused-ring (bicyclic) bond motifs is 1. The minimum atomic E-state index is -0.545. The van der Waals surface area contributed by atoms with Crippen molar-refractivity contribution < 1.29 is 14.3 Å². The zero-order chi connectivity index (χ0) is 22.5. The number of esters is 1. The summed E-state index contributed by atoms with van der Waals surface area (Å²) in [6.45, 7) is 3.82. The van der Waals surface area contributed by atoms with Gasteiger partial charge in [0.25, 0.3) is 5.91 Å². The van der Waals surface area contributed by atoms with Crippen molar-refractivity contribution in [3.05, 3.63) is 83.9 Å². The topological polar surface area (TPSA) is 99.0 Å². The molecule has 0 bridgehead atoms. The minimum Gasteiger partial charge on any atom is -0.466 e. The van der Waals surface area contributed by atoms with Gasteiger partial charge >= 0.3 is 5.97 Å². The van der Waals surface area contributed by atoms with Crippen molar-refractivity contribution in [1.29, 1.82) is 0 Å². The van der Waals surface area contributed by atoms with Gasteiger partial charge in [0.05, 0.1) is 30.5 Å². The van der Waals surface area contributed by atoms with Crippen LogP contribution >= 0.6 is 0 Å². The highest BCUT2D eigenvalue weighted by atomic mass is 16.5. The number of rotatable bonds is 7. The number of benzene rings is 2. The molecule has 1 N–H and O–H groups in total. The van der Waals surface area contributed by atoms with Crippen molar-refractivity contribution in [3.8, 4) is 5.69 Å². The molecule has 8 nitrogen and oxygen atoms in total. The van der Waals surface area contributed by atoms with Crippen LogP contribution in [0.2, 0.25) is 0 Å². The van der Waals surface area contributed by atoms with Crippen molar-refractivity contribution >= 4 is 22.6 Å². The van der Waals surface area contributed by atoms with Crippen LogP contribution in [0, 0.1) is 6.92 Å². The van der Waals surface area contributed by atoms with E-state index in [9.17, 15) is 9.59 Å². The Labute approximate surface area is 185 Å². The Morgan fingerprint density at radius 3 is 2.69 bits per heavy atom. The smallest absolute Gasteiger partial charge is 0.308 e. The number of hydrogen-bond donors (Lipinski definition) is 1. The molecular weight excluding hydrogens is 406 g/mol. The number of pyridine rings is 1. The van der Waals surface area contributed by atoms with Crippen molar-refractivity contribution in [2.24, 2.45) is 0 Å². The number of carbonyl (C=O) groups is 2. The Morgan fingerprint density at radius 1 is 1.09 bits per heavy atom. The van der Waals surface area contributed by atoms with E-state index in [1.54, 1.807) is 30.9 Å². The molecule has 0 radical (unpaired) electrons. The number of carbonyl (C=O) groups excluding carboxylic acids is 2. The summed E-state index contributed by atoms with van der Waals surface area (Å²) in [5, 5.41) is 13.2. The first-order valence-electron chi connectivity index (χ1n) is 10.3. The van der Waals surface area contributed by atoms with Crippen LogP contribution < -0.4 is 5.32 Å². The Morgan fingerprint density at radius 2 is 1.91 bits per heavy atom. The SMILES string of the molecule is CCOC(=O)CC(NC(=O)c1nnn(-c2cccc3cnccc23)c1C)c1ccccc1. The summed E-state index contributed by atoms with van der Waals surface area (Å²) in [6, 6.07) is 16.5. The molecule has 4 rings (SSSR count). The van der Waals surface area contributed by atoms with Gasteiger partial charge in [-0.15, -0.1) is 5.10 Å². The maximum atomic E-state index is 13.1. The molecule has 2 heterocycles. The Balaban J connectivity index is 1.63. The summed E-state index contributed by atoms with van der Waals surface area (Å²) in [7, 11) is 0. The van der Waals surface area contributed by atoms with E-state index in [0.717, 1.165) is 22.0 Å². The number of hydrogen-bond acceptors (Lipinski definition) is 6. The molecule has 2 aromatic carbocycles. The van der Waals surface area contributed by atoms with Gasteiger partial charge in [-0.05, 0) is 31.5 Å². The Kier molecular flexibility index (Phi) is 6.21. The van der Waals surface area contributed by atoms with E-state index in [4.69, 9.17) is 4.74 Å². The highest BCUT2D eigenvalue weighted by Crippen LogP contribution is 2.23. The van der Waals surface area contributed by atoms with Gasteiger partial charge in [0.2, 0.25) is 0 Å². The average Bonchev–Trinajstić information content (AvgIpc) is 3.20. The molecule has 0 aliphatic rings. The Bertz CT molecular complexity index is 1250. The van der Waals surface area contributed by atoms with Gasteiger partial charge in [-0.2, -0.15) is 0 Å². The van der Waals surface area contributed by atoms with Gasteiger partial charge in [0, 0.05) is 23.2 Å².